The number of amides is 3. The lowest BCUT2D eigenvalue weighted by Gasteiger charge is -2.47. The zero-order valence-corrected chi connectivity index (χ0v) is 19.6. The van der Waals surface area contributed by atoms with E-state index in [1.165, 1.54) is 6.42 Å². The molecule has 35 heavy (non-hydrogen) atoms. The molecule has 3 amide bonds. The van der Waals surface area contributed by atoms with Crippen molar-refractivity contribution in [2.24, 2.45) is 0 Å². The van der Waals surface area contributed by atoms with E-state index in [0.717, 1.165) is 49.5 Å². The Labute approximate surface area is 203 Å². The summed E-state index contributed by atoms with van der Waals surface area (Å²) in [4.78, 5) is 49.7. The fourth-order valence-corrected chi connectivity index (χ4v) is 5.90. The van der Waals surface area contributed by atoms with Gasteiger partial charge in [0.2, 0.25) is 11.8 Å². The molecule has 6 rings (SSSR count). The summed E-state index contributed by atoms with van der Waals surface area (Å²) < 4.78 is 6.52. The van der Waals surface area contributed by atoms with Gasteiger partial charge in [0, 0.05) is 56.0 Å². The number of hydrogen-bond acceptors (Lipinski definition) is 7. The molecule has 0 bridgehead atoms. The van der Waals surface area contributed by atoms with E-state index in [9.17, 15) is 14.4 Å². The van der Waals surface area contributed by atoms with E-state index in [4.69, 9.17) is 4.74 Å². The van der Waals surface area contributed by atoms with Gasteiger partial charge in [-0.1, -0.05) is 6.42 Å². The van der Waals surface area contributed by atoms with Crippen molar-refractivity contribution < 1.29 is 19.1 Å². The summed E-state index contributed by atoms with van der Waals surface area (Å²) >= 11 is 0. The largest absolute Gasteiger partial charge is 0.489 e. The second-order valence-electron chi connectivity index (χ2n) is 9.98. The van der Waals surface area contributed by atoms with Gasteiger partial charge in [-0.2, -0.15) is 0 Å². The van der Waals surface area contributed by atoms with Crippen molar-refractivity contribution in [1.29, 1.82) is 0 Å². The molecule has 1 N–H and O–H groups in total. The highest BCUT2D eigenvalue weighted by molar-refractivity contribution is 6.05. The summed E-state index contributed by atoms with van der Waals surface area (Å²) in [6.07, 6.45) is 8.79. The van der Waals surface area contributed by atoms with Crippen molar-refractivity contribution in [1.82, 2.24) is 25.1 Å². The third kappa shape index (κ3) is 4.18. The van der Waals surface area contributed by atoms with Crippen molar-refractivity contribution in [2.45, 2.75) is 69.2 Å². The van der Waals surface area contributed by atoms with Crippen LogP contribution < -0.4 is 10.1 Å². The van der Waals surface area contributed by atoms with Crippen LogP contribution in [-0.4, -0.2) is 68.8 Å². The van der Waals surface area contributed by atoms with E-state index in [2.05, 4.69) is 20.2 Å². The summed E-state index contributed by atoms with van der Waals surface area (Å²) in [5.41, 5.74) is 1.48. The summed E-state index contributed by atoms with van der Waals surface area (Å²) in [7, 11) is 0. The zero-order chi connectivity index (χ0) is 23.9. The molecule has 0 radical (unpaired) electrons. The molecule has 182 valence electrons. The Morgan fingerprint density at radius 2 is 1.80 bits per heavy atom. The Balaban J connectivity index is 1.12. The molecule has 4 heterocycles. The molecule has 1 saturated carbocycles. The molecular formula is C26H29N5O4. The number of benzene rings is 1. The van der Waals surface area contributed by atoms with Gasteiger partial charge in [-0.15, -0.1) is 0 Å². The molecule has 9 heteroatoms. The standard InChI is InChI=1S/C26H29N5O4/c32-23-9-8-21(25(33)29-23)31-15-16-12-18(6-7-19(16)26(31)34)35-22-5-2-1-4-20(22)30-13-17(14-30)24-27-10-3-11-28-24/h3,6-7,10-12,17,20-22H,1-2,4-5,8-9,13-15H2,(H,29,32,33)/t20-,21?,22-/m1/s1. The molecule has 3 aliphatic heterocycles. The lowest BCUT2D eigenvalue weighted by molar-refractivity contribution is -0.136. The molecule has 1 aromatic heterocycles. The maximum atomic E-state index is 13.0. The highest BCUT2D eigenvalue weighted by Crippen LogP contribution is 2.36. The molecule has 2 saturated heterocycles. The van der Waals surface area contributed by atoms with Gasteiger partial charge in [0.1, 0.15) is 23.7 Å². The Kier molecular flexibility index (Phi) is 5.72. The molecule has 3 atom stereocenters. The summed E-state index contributed by atoms with van der Waals surface area (Å²) in [5, 5.41) is 2.35. The van der Waals surface area contributed by atoms with Gasteiger partial charge in [-0.05, 0) is 55.5 Å². The first-order valence-corrected chi connectivity index (χ1v) is 12.5. The van der Waals surface area contributed by atoms with Gasteiger partial charge in [-0.3, -0.25) is 24.6 Å². The van der Waals surface area contributed by atoms with Crippen LogP contribution in [0.1, 0.15) is 66.2 Å². The Morgan fingerprint density at radius 3 is 2.60 bits per heavy atom. The van der Waals surface area contributed by atoms with E-state index in [1.54, 1.807) is 17.3 Å². The maximum Gasteiger partial charge on any atom is 0.255 e. The number of rotatable bonds is 5. The number of nitrogens with one attached hydrogen (secondary N) is 1. The number of piperidine rings is 1. The minimum Gasteiger partial charge on any atom is -0.489 e. The number of carbonyl (C=O) groups excluding carboxylic acids is 3. The lowest BCUT2D eigenvalue weighted by Crippen LogP contribution is -2.57. The predicted molar refractivity (Wildman–Crippen MR) is 126 cm³/mol. The van der Waals surface area contributed by atoms with E-state index in [1.807, 2.05) is 24.3 Å². The van der Waals surface area contributed by atoms with Crippen molar-refractivity contribution in [2.75, 3.05) is 13.1 Å². The Hall–Kier alpha value is -3.33. The van der Waals surface area contributed by atoms with Crippen LogP contribution >= 0.6 is 0 Å². The third-order valence-electron chi connectivity index (χ3n) is 7.78. The number of fused-ring (bicyclic) bond motifs is 1. The first kappa shape index (κ1) is 22.2. The number of hydrogen-bond donors (Lipinski definition) is 1. The van der Waals surface area contributed by atoms with Gasteiger partial charge >= 0.3 is 0 Å². The Morgan fingerprint density at radius 1 is 1.00 bits per heavy atom. The van der Waals surface area contributed by atoms with E-state index in [-0.39, 0.29) is 24.3 Å². The van der Waals surface area contributed by atoms with Crippen LogP contribution in [0.15, 0.2) is 36.7 Å². The highest BCUT2D eigenvalue weighted by Gasteiger charge is 2.41. The minimum absolute atomic E-state index is 0.0998. The van der Waals surface area contributed by atoms with Crippen LogP contribution in [0.3, 0.4) is 0 Å². The molecule has 1 unspecified atom stereocenters. The molecule has 1 aliphatic carbocycles. The van der Waals surface area contributed by atoms with Crippen molar-refractivity contribution >= 4 is 17.7 Å². The molecule has 2 aromatic rings. The number of ether oxygens (including phenoxy) is 1. The van der Waals surface area contributed by atoms with Crippen LogP contribution in [0.2, 0.25) is 0 Å². The van der Waals surface area contributed by atoms with Gasteiger partial charge in [0.15, 0.2) is 0 Å². The van der Waals surface area contributed by atoms with E-state index in [0.29, 0.717) is 30.5 Å². The highest BCUT2D eigenvalue weighted by atomic mass is 16.5. The lowest BCUT2D eigenvalue weighted by atomic mass is 9.86. The minimum atomic E-state index is -0.604. The molecule has 1 aromatic carbocycles. The SMILES string of the molecule is O=C1CCC(N2Cc3cc(O[C@@H]4CCCC[C@H]4N4CC(c5ncccn5)C4)ccc3C2=O)C(=O)N1. The van der Waals surface area contributed by atoms with Gasteiger partial charge in [0.05, 0.1) is 0 Å². The number of carbonyl (C=O) groups is 3. The molecular weight excluding hydrogens is 446 g/mol. The average molecular weight is 476 g/mol. The number of aromatic nitrogens is 2. The number of nitrogens with zero attached hydrogens (tertiary/aromatic N) is 4. The smallest absolute Gasteiger partial charge is 0.255 e. The van der Waals surface area contributed by atoms with Crippen molar-refractivity contribution in [3.05, 3.63) is 53.6 Å². The molecule has 0 spiro atoms. The summed E-state index contributed by atoms with van der Waals surface area (Å²) in [6, 6.07) is 7.22. The van der Waals surface area contributed by atoms with Crippen LogP contribution in [-0.2, 0) is 16.1 Å². The van der Waals surface area contributed by atoms with Gasteiger partial charge < -0.3 is 9.64 Å². The molecule has 3 fully saturated rings. The number of likely N-dealkylation sites (tertiary alicyclic amines) is 1. The van der Waals surface area contributed by atoms with E-state index < -0.39 is 11.9 Å². The Bertz CT molecular complexity index is 1150. The third-order valence-corrected chi connectivity index (χ3v) is 7.78. The van der Waals surface area contributed by atoms with Crippen molar-refractivity contribution in [3.8, 4) is 5.75 Å². The van der Waals surface area contributed by atoms with Crippen LogP contribution in [0.25, 0.3) is 0 Å². The second-order valence-corrected chi connectivity index (χ2v) is 9.98. The van der Waals surface area contributed by atoms with Crippen LogP contribution in [0.4, 0.5) is 0 Å². The van der Waals surface area contributed by atoms with E-state index >= 15 is 0 Å². The molecule has 9 nitrogen and oxygen atoms in total. The normalized spacial score (nSPS) is 27.4. The summed E-state index contributed by atoms with van der Waals surface area (Å²) in [5.74, 6) is 1.23. The monoisotopic (exact) mass is 475 g/mol. The fraction of sp³-hybridized carbons (Fsp3) is 0.500. The average Bonchev–Trinajstić information content (AvgIpc) is 3.15. The summed E-state index contributed by atoms with van der Waals surface area (Å²) in [6.45, 7) is 2.26. The zero-order valence-electron chi connectivity index (χ0n) is 19.6. The first-order chi connectivity index (χ1) is 17.1. The van der Waals surface area contributed by atoms with Gasteiger partial charge in [0.25, 0.3) is 5.91 Å². The fourth-order valence-electron chi connectivity index (χ4n) is 5.90. The van der Waals surface area contributed by atoms with Crippen molar-refractivity contribution in [3.63, 3.8) is 0 Å². The quantitative estimate of drug-likeness (QED) is 0.660. The second kappa shape index (κ2) is 9.03. The number of imide groups is 1. The van der Waals surface area contributed by atoms with Crippen LogP contribution in [0.5, 0.6) is 5.75 Å². The topological polar surface area (TPSA) is 105 Å². The first-order valence-electron chi connectivity index (χ1n) is 12.5. The van der Waals surface area contributed by atoms with Crippen LogP contribution in [0, 0.1) is 0 Å². The predicted octanol–water partition coefficient (Wildman–Crippen LogP) is 2.03. The molecule has 4 aliphatic rings. The van der Waals surface area contributed by atoms with Gasteiger partial charge in [-0.25, -0.2) is 9.97 Å². The maximum absolute atomic E-state index is 13.0.